The van der Waals surface area contributed by atoms with E-state index in [9.17, 15) is 4.79 Å². The third-order valence-electron chi connectivity index (χ3n) is 4.28. The van der Waals surface area contributed by atoms with Gasteiger partial charge in [0.15, 0.2) is 0 Å². The second-order valence-corrected chi connectivity index (χ2v) is 5.62. The summed E-state index contributed by atoms with van der Waals surface area (Å²) in [5.74, 6) is 1.26. The first-order chi connectivity index (χ1) is 7.38. The standard InChI is InChI=1S/C13H26N2O/c1-5-13(4,14)12(16)15-11-8-6-7-9(2)10(11)3/h9-11H,5-8,14H2,1-4H3,(H,15,16). The van der Waals surface area contributed by atoms with Crippen molar-refractivity contribution in [2.45, 2.75) is 65.0 Å². The summed E-state index contributed by atoms with van der Waals surface area (Å²) in [6.07, 6.45) is 4.26. The van der Waals surface area contributed by atoms with E-state index in [1.165, 1.54) is 12.8 Å². The van der Waals surface area contributed by atoms with Crippen molar-refractivity contribution in [2.24, 2.45) is 17.6 Å². The number of rotatable bonds is 3. The molecule has 0 saturated heterocycles. The Balaban J connectivity index is 2.56. The molecule has 16 heavy (non-hydrogen) atoms. The van der Waals surface area contributed by atoms with Gasteiger partial charge < -0.3 is 11.1 Å². The van der Waals surface area contributed by atoms with Crippen LogP contribution in [-0.2, 0) is 4.79 Å². The molecule has 0 heterocycles. The normalized spacial score (nSPS) is 34.2. The molecular weight excluding hydrogens is 200 g/mol. The number of amides is 1. The zero-order valence-electron chi connectivity index (χ0n) is 11.0. The van der Waals surface area contributed by atoms with Crippen molar-refractivity contribution in [1.82, 2.24) is 5.32 Å². The summed E-state index contributed by atoms with van der Waals surface area (Å²) in [6, 6.07) is 0.311. The second-order valence-electron chi connectivity index (χ2n) is 5.62. The van der Waals surface area contributed by atoms with Gasteiger partial charge in [0.05, 0.1) is 5.54 Å². The van der Waals surface area contributed by atoms with Gasteiger partial charge in [-0.2, -0.15) is 0 Å². The molecule has 94 valence electrons. The van der Waals surface area contributed by atoms with Crippen LogP contribution >= 0.6 is 0 Å². The molecule has 0 aromatic carbocycles. The minimum absolute atomic E-state index is 0.000880. The van der Waals surface area contributed by atoms with E-state index in [0.717, 1.165) is 6.42 Å². The van der Waals surface area contributed by atoms with Crippen LogP contribution < -0.4 is 11.1 Å². The van der Waals surface area contributed by atoms with Gasteiger partial charge in [-0.15, -0.1) is 0 Å². The van der Waals surface area contributed by atoms with Gasteiger partial charge in [0.25, 0.3) is 0 Å². The highest BCUT2D eigenvalue weighted by Gasteiger charge is 2.32. The molecule has 4 unspecified atom stereocenters. The molecule has 1 saturated carbocycles. The van der Waals surface area contributed by atoms with Gasteiger partial charge in [-0.1, -0.05) is 33.6 Å². The van der Waals surface area contributed by atoms with Crippen LogP contribution in [0.2, 0.25) is 0 Å². The molecule has 1 aliphatic carbocycles. The van der Waals surface area contributed by atoms with Gasteiger partial charge in [0.1, 0.15) is 0 Å². The van der Waals surface area contributed by atoms with Gasteiger partial charge in [0, 0.05) is 6.04 Å². The molecule has 1 rings (SSSR count). The van der Waals surface area contributed by atoms with Gasteiger partial charge >= 0.3 is 0 Å². The maximum absolute atomic E-state index is 12.0. The zero-order valence-corrected chi connectivity index (χ0v) is 11.0. The Morgan fingerprint density at radius 3 is 2.62 bits per heavy atom. The first-order valence-electron chi connectivity index (χ1n) is 6.48. The highest BCUT2D eigenvalue weighted by atomic mass is 16.2. The molecule has 0 aromatic heterocycles. The lowest BCUT2D eigenvalue weighted by atomic mass is 9.77. The quantitative estimate of drug-likeness (QED) is 0.774. The Labute approximate surface area is 99.2 Å². The fourth-order valence-electron chi connectivity index (χ4n) is 2.28. The van der Waals surface area contributed by atoms with E-state index >= 15 is 0 Å². The summed E-state index contributed by atoms with van der Waals surface area (Å²) in [5, 5.41) is 3.13. The van der Waals surface area contributed by atoms with E-state index in [4.69, 9.17) is 5.73 Å². The minimum Gasteiger partial charge on any atom is -0.352 e. The molecular formula is C13H26N2O. The van der Waals surface area contributed by atoms with Gasteiger partial charge in [0.2, 0.25) is 5.91 Å². The fourth-order valence-corrected chi connectivity index (χ4v) is 2.28. The summed E-state index contributed by atoms with van der Waals surface area (Å²) in [4.78, 5) is 12.0. The number of carbonyl (C=O) groups excluding carboxylic acids is 1. The van der Waals surface area contributed by atoms with E-state index in [0.29, 0.717) is 24.3 Å². The molecule has 3 N–H and O–H groups in total. The van der Waals surface area contributed by atoms with Crippen LogP contribution in [0, 0.1) is 11.8 Å². The van der Waals surface area contributed by atoms with Crippen molar-refractivity contribution in [2.75, 3.05) is 0 Å². The number of carbonyl (C=O) groups is 1. The monoisotopic (exact) mass is 226 g/mol. The van der Waals surface area contributed by atoms with E-state index in [1.807, 2.05) is 6.92 Å². The van der Waals surface area contributed by atoms with Crippen LogP contribution in [0.1, 0.15) is 53.4 Å². The van der Waals surface area contributed by atoms with E-state index in [-0.39, 0.29) is 5.91 Å². The third-order valence-corrected chi connectivity index (χ3v) is 4.28. The number of nitrogens with two attached hydrogens (primary N) is 1. The Morgan fingerprint density at radius 1 is 1.44 bits per heavy atom. The molecule has 0 radical (unpaired) electrons. The second kappa shape index (κ2) is 5.17. The van der Waals surface area contributed by atoms with Crippen LogP contribution in [0.3, 0.4) is 0 Å². The van der Waals surface area contributed by atoms with Crippen LogP contribution in [0.5, 0.6) is 0 Å². The molecule has 0 bridgehead atoms. The van der Waals surface area contributed by atoms with Crippen molar-refractivity contribution in [1.29, 1.82) is 0 Å². The Bertz CT molecular complexity index is 250. The molecule has 4 atom stereocenters. The Hall–Kier alpha value is -0.570. The van der Waals surface area contributed by atoms with Crippen molar-refractivity contribution < 1.29 is 4.79 Å². The average Bonchev–Trinajstić information content (AvgIpc) is 2.24. The molecule has 1 amide bonds. The number of hydrogen-bond donors (Lipinski definition) is 2. The van der Waals surface area contributed by atoms with Crippen LogP contribution in [0.15, 0.2) is 0 Å². The summed E-state index contributed by atoms with van der Waals surface area (Å²) >= 11 is 0. The maximum Gasteiger partial charge on any atom is 0.240 e. The highest BCUT2D eigenvalue weighted by molar-refractivity contribution is 5.85. The molecule has 1 fully saturated rings. The van der Waals surface area contributed by atoms with E-state index < -0.39 is 5.54 Å². The molecule has 0 aliphatic heterocycles. The van der Waals surface area contributed by atoms with Crippen molar-refractivity contribution in [3.63, 3.8) is 0 Å². The lowest BCUT2D eigenvalue weighted by Gasteiger charge is -2.36. The maximum atomic E-state index is 12.0. The van der Waals surface area contributed by atoms with E-state index in [1.54, 1.807) is 6.92 Å². The number of nitrogens with one attached hydrogen (secondary N) is 1. The average molecular weight is 226 g/mol. The van der Waals surface area contributed by atoms with Crippen molar-refractivity contribution in [3.05, 3.63) is 0 Å². The molecule has 3 nitrogen and oxygen atoms in total. The van der Waals surface area contributed by atoms with E-state index in [2.05, 4.69) is 19.2 Å². The van der Waals surface area contributed by atoms with Gasteiger partial charge in [-0.3, -0.25) is 4.79 Å². The number of hydrogen-bond acceptors (Lipinski definition) is 2. The first kappa shape index (κ1) is 13.5. The predicted octanol–water partition coefficient (Wildman–Crippen LogP) is 2.05. The Morgan fingerprint density at radius 2 is 2.06 bits per heavy atom. The third kappa shape index (κ3) is 2.97. The summed E-state index contributed by atoms with van der Waals surface area (Å²) < 4.78 is 0. The summed E-state index contributed by atoms with van der Waals surface area (Å²) in [7, 11) is 0. The first-order valence-corrected chi connectivity index (χ1v) is 6.48. The van der Waals surface area contributed by atoms with Gasteiger partial charge in [-0.25, -0.2) is 0 Å². The van der Waals surface area contributed by atoms with Crippen molar-refractivity contribution in [3.8, 4) is 0 Å². The highest BCUT2D eigenvalue weighted by Crippen LogP contribution is 2.29. The van der Waals surface area contributed by atoms with Crippen LogP contribution in [-0.4, -0.2) is 17.5 Å². The van der Waals surface area contributed by atoms with Crippen LogP contribution in [0.4, 0.5) is 0 Å². The lowest BCUT2D eigenvalue weighted by molar-refractivity contribution is -0.127. The topological polar surface area (TPSA) is 55.1 Å². The minimum atomic E-state index is -0.722. The smallest absolute Gasteiger partial charge is 0.240 e. The molecule has 0 aromatic rings. The molecule has 0 spiro atoms. The van der Waals surface area contributed by atoms with Gasteiger partial charge in [-0.05, 0) is 31.6 Å². The van der Waals surface area contributed by atoms with Crippen LogP contribution in [0.25, 0.3) is 0 Å². The fraction of sp³-hybridized carbons (Fsp3) is 0.923. The molecule has 3 heteroatoms. The Kier molecular flexibility index (Phi) is 4.36. The predicted molar refractivity (Wildman–Crippen MR) is 67.0 cm³/mol. The largest absolute Gasteiger partial charge is 0.352 e. The molecule has 1 aliphatic rings. The zero-order chi connectivity index (χ0) is 12.3. The lowest BCUT2D eigenvalue weighted by Crippen LogP contribution is -2.56. The summed E-state index contributed by atoms with van der Waals surface area (Å²) in [5.41, 5.74) is 5.22. The summed E-state index contributed by atoms with van der Waals surface area (Å²) in [6.45, 7) is 8.25. The van der Waals surface area contributed by atoms with Crippen molar-refractivity contribution >= 4 is 5.91 Å². The SMILES string of the molecule is CCC(C)(N)C(=O)NC1CCCC(C)C1C.